The van der Waals surface area contributed by atoms with Crippen LogP contribution in [0, 0.1) is 0 Å². The molecule has 4 rings (SSSR count). The molecule has 1 aromatic carbocycles. The topological polar surface area (TPSA) is 106 Å². The minimum absolute atomic E-state index is 0.0136. The molecule has 3 aromatic heterocycles. The largest absolute Gasteiger partial charge is 0.348 e. The smallest absolute Gasteiger partial charge is 0.255 e. The first-order chi connectivity index (χ1) is 13.1. The number of nitrogens with zero attached hydrogens (tertiary/aromatic N) is 4. The van der Waals surface area contributed by atoms with Gasteiger partial charge in [-0.15, -0.1) is 0 Å². The number of hydrogen-bond donors (Lipinski definition) is 2. The Hall–Kier alpha value is -3.81. The summed E-state index contributed by atoms with van der Waals surface area (Å²) in [6.07, 6.45) is 4.86. The van der Waals surface area contributed by atoms with Gasteiger partial charge in [0.2, 0.25) is 5.95 Å². The van der Waals surface area contributed by atoms with Gasteiger partial charge in [0, 0.05) is 36.6 Å². The van der Waals surface area contributed by atoms with E-state index in [4.69, 9.17) is 0 Å². The Morgan fingerprint density at radius 2 is 2.00 bits per heavy atom. The summed E-state index contributed by atoms with van der Waals surface area (Å²) in [5.74, 6) is 0.209. The maximum absolute atomic E-state index is 12.5. The van der Waals surface area contributed by atoms with E-state index >= 15 is 0 Å². The van der Waals surface area contributed by atoms with E-state index < -0.39 is 0 Å². The summed E-state index contributed by atoms with van der Waals surface area (Å²) >= 11 is 0. The molecule has 0 fully saturated rings. The quantitative estimate of drug-likeness (QED) is 0.528. The number of Topliss-reactive ketones (excluding diaryl/α,β-unsaturated/α-hetero) is 1. The normalized spacial score (nSPS) is 10.9. The lowest BCUT2D eigenvalue weighted by Gasteiger charge is -2.11. The first-order valence-corrected chi connectivity index (χ1v) is 8.30. The van der Waals surface area contributed by atoms with Crippen LogP contribution in [0.1, 0.15) is 10.4 Å². The molecule has 0 radical (unpaired) electrons. The van der Waals surface area contributed by atoms with Crippen molar-refractivity contribution in [2.75, 3.05) is 11.9 Å². The number of carbonyl (C=O) groups is 1. The predicted molar refractivity (Wildman–Crippen MR) is 102 cm³/mol. The summed E-state index contributed by atoms with van der Waals surface area (Å²) in [7, 11) is 1.61. The van der Waals surface area contributed by atoms with Gasteiger partial charge in [0.1, 0.15) is 0 Å². The van der Waals surface area contributed by atoms with Crippen LogP contribution < -0.4 is 10.9 Å². The minimum Gasteiger partial charge on any atom is -0.348 e. The maximum atomic E-state index is 12.5. The number of anilines is 1. The van der Waals surface area contributed by atoms with E-state index in [1.807, 2.05) is 0 Å². The zero-order chi connectivity index (χ0) is 18.8. The Morgan fingerprint density at radius 3 is 2.81 bits per heavy atom. The highest BCUT2D eigenvalue weighted by Crippen LogP contribution is 2.16. The molecule has 0 aliphatic rings. The van der Waals surface area contributed by atoms with Crippen LogP contribution in [-0.2, 0) is 7.05 Å². The summed E-state index contributed by atoms with van der Waals surface area (Å²) in [6, 6.07) is 10.3. The number of aromatic nitrogens is 5. The van der Waals surface area contributed by atoms with E-state index in [9.17, 15) is 9.59 Å². The molecule has 0 amide bonds. The summed E-state index contributed by atoms with van der Waals surface area (Å²) in [5, 5.41) is 2.96. The van der Waals surface area contributed by atoms with Crippen LogP contribution in [0.2, 0.25) is 0 Å². The molecule has 0 aliphatic carbocycles. The molecule has 0 saturated carbocycles. The molecule has 134 valence electrons. The van der Waals surface area contributed by atoms with Crippen molar-refractivity contribution in [3.63, 3.8) is 0 Å². The van der Waals surface area contributed by atoms with Crippen LogP contribution in [0.15, 0.2) is 59.9 Å². The maximum Gasteiger partial charge on any atom is 0.255 e. The number of hydrogen-bond acceptors (Lipinski definition) is 6. The van der Waals surface area contributed by atoms with Gasteiger partial charge in [0.25, 0.3) is 5.56 Å². The number of fused-ring (bicyclic) bond motifs is 1. The molecule has 0 saturated heterocycles. The Kier molecular flexibility index (Phi) is 4.21. The second-order valence-corrected chi connectivity index (χ2v) is 6.01. The molecule has 0 aliphatic heterocycles. The van der Waals surface area contributed by atoms with Crippen LogP contribution in [0.4, 0.5) is 5.95 Å². The highest BCUT2D eigenvalue weighted by Gasteiger charge is 2.11. The molecule has 8 heteroatoms. The van der Waals surface area contributed by atoms with Gasteiger partial charge in [0.05, 0.1) is 29.6 Å². The zero-order valence-corrected chi connectivity index (χ0v) is 14.5. The lowest BCUT2D eigenvalue weighted by atomic mass is 10.1. The number of H-pyrrole nitrogens is 1. The number of nitrogens with one attached hydrogen (secondary N) is 2. The first kappa shape index (κ1) is 16.6. The molecule has 27 heavy (non-hydrogen) atoms. The van der Waals surface area contributed by atoms with Gasteiger partial charge in [-0.1, -0.05) is 0 Å². The fourth-order valence-corrected chi connectivity index (χ4v) is 2.74. The van der Waals surface area contributed by atoms with Crippen LogP contribution in [-0.4, -0.2) is 36.8 Å². The number of benzene rings is 1. The number of ketones is 1. The highest BCUT2D eigenvalue weighted by atomic mass is 16.1. The van der Waals surface area contributed by atoms with Crippen molar-refractivity contribution in [3.05, 3.63) is 71.0 Å². The van der Waals surface area contributed by atoms with Crippen molar-refractivity contribution in [2.24, 2.45) is 7.05 Å². The molecular weight excluding hydrogens is 344 g/mol. The third-order valence-electron chi connectivity index (χ3n) is 4.26. The third-order valence-corrected chi connectivity index (χ3v) is 4.26. The average Bonchev–Trinajstić information content (AvgIpc) is 3.17. The van der Waals surface area contributed by atoms with Gasteiger partial charge < -0.3 is 10.3 Å². The molecule has 2 N–H and O–H groups in total. The number of aromatic amines is 1. The molecule has 0 unspecified atom stereocenters. The second kappa shape index (κ2) is 6.83. The van der Waals surface area contributed by atoms with Crippen molar-refractivity contribution >= 4 is 22.8 Å². The fourth-order valence-electron chi connectivity index (χ4n) is 2.74. The molecular formula is C19H16N6O2. The van der Waals surface area contributed by atoms with Gasteiger partial charge >= 0.3 is 0 Å². The van der Waals surface area contributed by atoms with E-state index in [0.29, 0.717) is 17.2 Å². The van der Waals surface area contributed by atoms with Gasteiger partial charge in [-0.25, -0.2) is 9.97 Å². The van der Waals surface area contributed by atoms with Crippen LogP contribution >= 0.6 is 0 Å². The first-order valence-electron chi connectivity index (χ1n) is 8.30. The summed E-state index contributed by atoms with van der Waals surface area (Å²) in [5.41, 5.74) is 3.23. The van der Waals surface area contributed by atoms with Crippen LogP contribution in [0.25, 0.3) is 22.3 Å². The lowest BCUT2D eigenvalue weighted by Crippen LogP contribution is -2.24. The van der Waals surface area contributed by atoms with E-state index in [-0.39, 0.29) is 17.9 Å². The van der Waals surface area contributed by atoms with E-state index in [2.05, 4.69) is 25.3 Å². The number of imidazole rings is 1. The standard InChI is InChI=1S/C19H16N6O2/c1-25-18(27)9-15(12-4-6-20-7-5-12)24-19(25)21-10-17(26)13-2-3-14-16(8-13)23-11-22-14/h2-9,11H,10H2,1H3,(H,21,24)(H,22,23). The van der Waals surface area contributed by atoms with E-state index in [1.54, 1.807) is 56.1 Å². The third kappa shape index (κ3) is 3.32. The molecule has 3 heterocycles. The number of carbonyl (C=O) groups excluding carboxylic acids is 1. The summed E-state index contributed by atoms with van der Waals surface area (Å²) in [6.45, 7) is 0.0136. The van der Waals surface area contributed by atoms with Crippen molar-refractivity contribution in [1.82, 2.24) is 24.5 Å². The molecule has 4 aromatic rings. The Bertz CT molecular complexity index is 1180. The van der Waals surface area contributed by atoms with Crippen molar-refractivity contribution in [2.45, 2.75) is 0 Å². The van der Waals surface area contributed by atoms with E-state index in [1.165, 1.54) is 10.6 Å². The Labute approximate surface area is 153 Å². The number of rotatable bonds is 5. The van der Waals surface area contributed by atoms with Crippen molar-refractivity contribution < 1.29 is 4.79 Å². The zero-order valence-electron chi connectivity index (χ0n) is 14.5. The lowest BCUT2D eigenvalue weighted by molar-refractivity contribution is 0.101. The fraction of sp³-hybridized carbons (Fsp3) is 0.105. The Balaban J connectivity index is 1.57. The predicted octanol–water partition coefficient (Wildman–Crippen LogP) is 2.01. The average molecular weight is 360 g/mol. The van der Waals surface area contributed by atoms with Gasteiger partial charge in [-0.3, -0.25) is 19.1 Å². The second-order valence-electron chi connectivity index (χ2n) is 6.01. The SMILES string of the molecule is Cn1c(NCC(=O)c2ccc3nc[nH]c3c2)nc(-c2ccncc2)cc1=O. The van der Waals surface area contributed by atoms with Gasteiger partial charge in [-0.05, 0) is 30.3 Å². The van der Waals surface area contributed by atoms with Crippen LogP contribution in [0.5, 0.6) is 0 Å². The van der Waals surface area contributed by atoms with Crippen molar-refractivity contribution in [3.8, 4) is 11.3 Å². The monoisotopic (exact) mass is 360 g/mol. The van der Waals surface area contributed by atoms with Gasteiger partial charge in [0.15, 0.2) is 5.78 Å². The number of pyridine rings is 1. The molecule has 0 bridgehead atoms. The highest BCUT2D eigenvalue weighted by molar-refractivity contribution is 6.01. The summed E-state index contributed by atoms with van der Waals surface area (Å²) in [4.78, 5) is 40.3. The molecule has 8 nitrogen and oxygen atoms in total. The van der Waals surface area contributed by atoms with Gasteiger partial charge in [-0.2, -0.15) is 0 Å². The molecule has 0 atom stereocenters. The van der Waals surface area contributed by atoms with Crippen LogP contribution in [0.3, 0.4) is 0 Å². The van der Waals surface area contributed by atoms with Crippen molar-refractivity contribution in [1.29, 1.82) is 0 Å². The van der Waals surface area contributed by atoms with E-state index in [0.717, 1.165) is 16.6 Å². The molecule has 0 spiro atoms. The Morgan fingerprint density at radius 1 is 1.19 bits per heavy atom. The minimum atomic E-state index is -0.217. The summed E-state index contributed by atoms with van der Waals surface area (Å²) < 4.78 is 1.37.